The average molecular weight is 391 g/mol. The van der Waals surface area contributed by atoms with Gasteiger partial charge in [-0.1, -0.05) is 60.7 Å². The van der Waals surface area contributed by atoms with Gasteiger partial charge >= 0.3 is 0 Å². The Labute approximate surface area is 174 Å². The maximum Gasteiger partial charge on any atom is 0.239 e. The summed E-state index contributed by atoms with van der Waals surface area (Å²) in [5.74, 6) is 0.171. The summed E-state index contributed by atoms with van der Waals surface area (Å²) in [7, 11) is 0. The first-order valence-corrected chi connectivity index (χ1v) is 10.4. The molecule has 29 heavy (non-hydrogen) atoms. The van der Waals surface area contributed by atoms with Gasteiger partial charge in [0.2, 0.25) is 5.91 Å². The van der Waals surface area contributed by atoms with E-state index in [2.05, 4.69) is 28.0 Å². The largest absolute Gasteiger partial charge is 0.337 e. The highest BCUT2D eigenvalue weighted by Crippen LogP contribution is 2.22. The number of carbonyl (C=O) groups is 1. The molecule has 0 bridgehead atoms. The monoisotopic (exact) mass is 390 g/mol. The minimum Gasteiger partial charge on any atom is -0.337 e. The lowest BCUT2D eigenvalue weighted by Crippen LogP contribution is -2.54. The number of rotatable bonds is 7. The molecule has 0 spiro atoms. The van der Waals surface area contributed by atoms with Gasteiger partial charge in [0.1, 0.15) is 6.04 Å². The molecule has 1 aliphatic heterocycles. The van der Waals surface area contributed by atoms with Crippen molar-refractivity contribution in [3.8, 4) is 6.07 Å². The molecule has 2 unspecified atom stereocenters. The maximum atomic E-state index is 13.1. The summed E-state index contributed by atoms with van der Waals surface area (Å²) in [6.07, 6.45) is 0. The molecule has 1 fully saturated rings. The van der Waals surface area contributed by atoms with Crippen molar-refractivity contribution in [2.45, 2.75) is 32.5 Å². The number of hydrogen-bond donors (Lipinski definition) is 0. The molecule has 152 valence electrons. The normalized spacial score (nSPS) is 17.3. The summed E-state index contributed by atoms with van der Waals surface area (Å²) >= 11 is 0. The quantitative estimate of drug-likeness (QED) is 0.728. The molecule has 0 saturated carbocycles. The lowest BCUT2D eigenvalue weighted by Gasteiger charge is -2.40. The summed E-state index contributed by atoms with van der Waals surface area (Å²) in [5.41, 5.74) is 2.19. The number of likely N-dealkylation sites (N-methyl/N-ethyl adjacent to an activating group) is 1. The topological polar surface area (TPSA) is 50.6 Å². The second-order valence-corrected chi connectivity index (χ2v) is 7.53. The molecule has 5 heteroatoms. The van der Waals surface area contributed by atoms with Crippen molar-refractivity contribution >= 4 is 5.91 Å². The van der Waals surface area contributed by atoms with Crippen LogP contribution in [0.25, 0.3) is 0 Å². The Hall–Kier alpha value is -2.68. The van der Waals surface area contributed by atoms with Gasteiger partial charge in [-0.3, -0.25) is 14.6 Å². The van der Waals surface area contributed by atoms with Gasteiger partial charge in [0.15, 0.2) is 0 Å². The second-order valence-electron chi connectivity index (χ2n) is 7.53. The zero-order chi connectivity index (χ0) is 20.6. The summed E-state index contributed by atoms with van der Waals surface area (Å²) in [6.45, 7) is 8.54. The summed E-state index contributed by atoms with van der Waals surface area (Å²) < 4.78 is 0. The van der Waals surface area contributed by atoms with Crippen molar-refractivity contribution in [3.05, 3.63) is 71.8 Å². The van der Waals surface area contributed by atoms with Crippen LogP contribution < -0.4 is 0 Å². The van der Waals surface area contributed by atoms with Crippen molar-refractivity contribution < 1.29 is 4.79 Å². The Morgan fingerprint density at radius 1 is 1.00 bits per heavy atom. The van der Waals surface area contributed by atoms with Gasteiger partial charge < -0.3 is 4.90 Å². The van der Waals surface area contributed by atoms with Crippen LogP contribution in [0.5, 0.6) is 0 Å². The molecule has 2 atom stereocenters. The van der Waals surface area contributed by atoms with Gasteiger partial charge in [-0.05, 0) is 25.0 Å². The number of benzene rings is 2. The van der Waals surface area contributed by atoms with Crippen LogP contribution in [0.15, 0.2) is 60.7 Å². The number of piperazine rings is 1. The molecule has 1 amide bonds. The van der Waals surface area contributed by atoms with E-state index >= 15 is 0 Å². The van der Waals surface area contributed by atoms with E-state index in [1.807, 2.05) is 67.3 Å². The minimum atomic E-state index is -0.227. The molecule has 1 aliphatic rings. The third kappa shape index (κ3) is 5.23. The smallest absolute Gasteiger partial charge is 0.239 e. The Morgan fingerprint density at radius 2 is 1.55 bits per heavy atom. The van der Waals surface area contributed by atoms with E-state index in [9.17, 15) is 10.1 Å². The van der Waals surface area contributed by atoms with Gasteiger partial charge in [-0.15, -0.1) is 0 Å². The van der Waals surface area contributed by atoms with Crippen LogP contribution in [0.2, 0.25) is 0 Å². The van der Waals surface area contributed by atoms with Crippen molar-refractivity contribution in [3.63, 3.8) is 0 Å². The summed E-state index contributed by atoms with van der Waals surface area (Å²) in [4.78, 5) is 19.5. The van der Waals surface area contributed by atoms with E-state index in [0.717, 1.165) is 37.3 Å². The van der Waals surface area contributed by atoms with Crippen molar-refractivity contribution in [1.82, 2.24) is 14.7 Å². The van der Waals surface area contributed by atoms with Gasteiger partial charge in [0, 0.05) is 39.3 Å². The van der Waals surface area contributed by atoms with E-state index in [1.165, 1.54) is 0 Å². The Balaban J connectivity index is 1.58. The average Bonchev–Trinajstić information content (AvgIpc) is 2.79. The van der Waals surface area contributed by atoms with Gasteiger partial charge in [-0.2, -0.15) is 5.26 Å². The van der Waals surface area contributed by atoms with Crippen LogP contribution in [-0.4, -0.2) is 59.4 Å². The van der Waals surface area contributed by atoms with Crippen LogP contribution in [0.3, 0.4) is 0 Å². The molecular weight excluding hydrogens is 360 g/mol. The Kier molecular flexibility index (Phi) is 7.40. The predicted molar refractivity (Wildman–Crippen MR) is 115 cm³/mol. The molecule has 2 aromatic carbocycles. The van der Waals surface area contributed by atoms with Crippen LogP contribution in [0.4, 0.5) is 0 Å². The standard InChI is InChI=1S/C24H30N4O/c1-3-26(19-21-10-6-4-7-11-21)24(29)20(2)27-14-16-28(17-15-27)23(18-25)22-12-8-5-9-13-22/h4-13,20,23H,3,14-17,19H2,1-2H3. The van der Waals surface area contributed by atoms with Crippen molar-refractivity contribution in [2.75, 3.05) is 32.7 Å². The maximum absolute atomic E-state index is 13.1. The van der Waals surface area contributed by atoms with E-state index in [0.29, 0.717) is 13.1 Å². The molecule has 0 radical (unpaired) electrons. The number of amides is 1. The molecule has 1 heterocycles. The predicted octanol–water partition coefficient (Wildman–Crippen LogP) is 3.31. The summed E-state index contributed by atoms with van der Waals surface area (Å²) in [6, 6.07) is 22.1. The molecule has 5 nitrogen and oxygen atoms in total. The molecule has 2 aromatic rings. The molecule has 0 aromatic heterocycles. The van der Waals surface area contributed by atoms with Gasteiger partial charge in [0.05, 0.1) is 12.1 Å². The van der Waals surface area contributed by atoms with Crippen LogP contribution in [0.1, 0.15) is 31.0 Å². The number of nitrogens with zero attached hydrogens (tertiary/aromatic N) is 4. The molecular formula is C24H30N4O. The van der Waals surface area contributed by atoms with Crippen molar-refractivity contribution in [1.29, 1.82) is 5.26 Å². The number of hydrogen-bond acceptors (Lipinski definition) is 4. The Morgan fingerprint density at radius 3 is 2.10 bits per heavy atom. The third-order valence-electron chi connectivity index (χ3n) is 5.77. The van der Waals surface area contributed by atoms with Crippen molar-refractivity contribution in [2.24, 2.45) is 0 Å². The fraction of sp³-hybridized carbons (Fsp3) is 0.417. The molecule has 3 rings (SSSR count). The van der Waals surface area contributed by atoms with E-state index in [4.69, 9.17) is 0 Å². The van der Waals surface area contributed by atoms with E-state index in [1.54, 1.807) is 0 Å². The lowest BCUT2D eigenvalue weighted by molar-refractivity contribution is -0.137. The number of carbonyl (C=O) groups excluding carboxylic acids is 1. The number of nitriles is 1. The molecule has 0 aliphatic carbocycles. The highest BCUT2D eigenvalue weighted by atomic mass is 16.2. The third-order valence-corrected chi connectivity index (χ3v) is 5.77. The van der Waals surface area contributed by atoms with E-state index < -0.39 is 0 Å². The fourth-order valence-corrected chi connectivity index (χ4v) is 3.95. The SMILES string of the molecule is CCN(Cc1ccccc1)C(=O)C(C)N1CCN(C(C#N)c2ccccc2)CC1. The lowest BCUT2D eigenvalue weighted by atomic mass is 10.1. The first-order valence-electron chi connectivity index (χ1n) is 10.4. The van der Waals surface area contributed by atoms with Crippen LogP contribution >= 0.6 is 0 Å². The molecule has 1 saturated heterocycles. The van der Waals surface area contributed by atoms with Gasteiger partial charge in [0.25, 0.3) is 0 Å². The van der Waals surface area contributed by atoms with Gasteiger partial charge in [-0.25, -0.2) is 0 Å². The minimum absolute atomic E-state index is 0.155. The highest BCUT2D eigenvalue weighted by Gasteiger charge is 2.31. The second kappa shape index (κ2) is 10.2. The zero-order valence-electron chi connectivity index (χ0n) is 17.4. The van der Waals surface area contributed by atoms with Crippen LogP contribution in [0, 0.1) is 11.3 Å². The summed E-state index contributed by atoms with van der Waals surface area (Å²) in [5, 5.41) is 9.67. The highest BCUT2D eigenvalue weighted by molar-refractivity contribution is 5.81. The fourth-order valence-electron chi connectivity index (χ4n) is 3.95. The first kappa shape index (κ1) is 21.0. The van der Waals surface area contributed by atoms with Crippen LogP contribution in [-0.2, 0) is 11.3 Å². The first-order chi connectivity index (χ1) is 14.1. The zero-order valence-corrected chi connectivity index (χ0v) is 17.4. The Bertz CT molecular complexity index is 810. The van der Waals surface area contributed by atoms with E-state index in [-0.39, 0.29) is 18.0 Å². The molecule has 0 N–H and O–H groups in total.